The normalized spacial score (nSPS) is 16.1. The van der Waals surface area contributed by atoms with Crippen molar-refractivity contribution < 1.29 is 23.4 Å². The number of hydrogen-bond donors (Lipinski definition) is 0. The van der Waals surface area contributed by atoms with E-state index in [2.05, 4.69) is 0 Å². The van der Waals surface area contributed by atoms with Crippen molar-refractivity contribution in [3.8, 4) is 5.75 Å². The highest BCUT2D eigenvalue weighted by Crippen LogP contribution is 2.29. The summed E-state index contributed by atoms with van der Waals surface area (Å²) in [6.07, 6.45) is 1.43. The fourth-order valence-corrected chi connectivity index (χ4v) is 2.52. The van der Waals surface area contributed by atoms with E-state index >= 15 is 0 Å². The molecule has 1 heterocycles. The van der Waals surface area contributed by atoms with Crippen LogP contribution in [0, 0.1) is 10.1 Å². The summed E-state index contributed by atoms with van der Waals surface area (Å²) in [5.41, 5.74) is -0.303. The number of ether oxygens (including phenoxy) is 2. The van der Waals surface area contributed by atoms with Gasteiger partial charge in [-0.2, -0.15) is 0 Å². The average molecular weight is 328 g/mol. The predicted molar refractivity (Wildman–Crippen MR) is 78.3 cm³/mol. The van der Waals surface area contributed by atoms with Crippen LogP contribution in [0.2, 0.25) is 0 Å². The van der Waals surface area contributed by atoms with Crippen LogP contribution in [0.5, 0.6) is 5.75 Å². The van der Waals surface area contributed by atoms with Crippen molar-refractivity contribution in [2.24, 2.45) is 0 Å². The SMILES string of the molecule is C[S@](=O)c1ccc(OCC(=O)N2CCOCC2)c([N+](=O)[O-])c1. The third-order valence-corrected chi connectivity index (χ3v) is 4.09. The molecule has 0 saturated carbocycles. The Bertz CT molecular complexity index is 600. The molecule has 22 heavy (non-hydrogen) atoms. The molecule has 8 nitrogen and oxygen atoms in total. The Labute approximate surface area is 129 Å². The van der Waals surface area contributed by atoms with Gasteiger partial charge in [0.25, 0.3) is 5.91 Å². The molecule has 0 aromatic heterocycles. The van der Waals surface area contributed by atoms with Crippen LogP contribution in [0.3, 0.4) is 0 Å². The molecule has 1 aliphatic rings. The van der Waals surface area contributed by atoms with E-state index in [1.807, 2.05) is 0 Å². The first-order chi connectivity index (χ1) is 10.5. The summed E-state index contributed by atoms with van der Waals surface area (Å²) in [5.74, 6) is -0.262. The van der Waals surface area contributed by atoms with Crippen LogP contribution in [0.15, 0.2) is 23.1 Å². The Hall–Kier alpha value is -2.00. The highest BCUT2D eigenvalue weighted by molar-refractivity contribution is 7.84. The number of hydrogen-bond acceptors (Lipinski definition) is 6. The second-order valence-corrected chi connectivity index (χ2v) is 6.00. The van der Waals surface area contributed by atoms with Crippen LogP contribution in [0.1, 0.15) is 0 Å². The zero-order chi connectivity index (χ0) is 16.1. The standard InChI is InChI=1S/C13H16N2O6S/c1-22(19)10-2-3-12(11(8-10)15(17)18)21-9-13(16)14-4-6-20-7-5-14/h2-3,8H,4-7,9H2,1H3/t22-/m0/s1. The number of benzene rings is 1. The molecule has 1 fully saturated rings. The van der Waals surface area contributed by atoms with Gasteiger partial charge in [0.15, 0.2) is 12.4 Å². The van der Waals surface area contributed by atoms with Crippen LogP contribution >= 0.6 is 0 Å². The highest BCUT2D eigenvalue weighted by atomic mass is 32.2. The molecule has 0 spiro atoms. The summed E-state index contributed by atoms with van der Waals surface area (Å²) in [5, 5.41) is 11.1. The molecule has 0 unspecified atom stereocenters. The summed E-state index contributed by atoms with van der Waals surface area (Å²) in [7, 11) is -1.33. The van der Waals surface area contributed by atoms with Gasteiger partial charge in [0.1, 0.15) is 0 Å². The maximum absolute atomic E-state index is 12.0. The van der Waals surface area contributed by atoms with Crippen LogP contribution in [-0.2, 0) is 20.3 Å². The van der Waals surface area contributed by atoms with Gasteiger partial charge in [-0.05, 0) is 12.1 Å². The number of amides is 1. The molecular weight excluding hydrogens is 312 g/mol. The number of morpholine rings is 1. The molecule has 1 saturated heterocycles. The van der Waals surface area contributed by atoms with Crippen molar-refractivity contribution in [1.29, 1.82) is 0 Å². The maximum Gasteiger partial charge on any atom is 0.312 e. The number of nitro benzene ring substituents is 1. The van der Waals surface area contributed by atoms with Crippen molar-refractivity contribution >= 4 is 22.4 Å². The zero-order valence-electron chi connectivity index (χ0n) is 12.0. The summed E-state index contributed by atoms with van der Waals surface area (Å²) < 4.78 is 21.8. The minimum absolute atomic E-state index is 0.0131. The number of carbonyl (C=O) groups is 1. The lowest BCUT2D eigenvalue weighted by Crippen LogP contribution is -2.43. The number of rotatable bonds is 5. The van der Waals surface area contributed by atoms with Crippen molar-refractivity contribution in [3.63, 3.8) is 0 Å². The largest absolute Gasteiger partial charge is 0.477 e. The van der Waals surface area contributed by atoms with E-state index < -0.39 is 15.7 Å². The fraction of sp³-hybridized carbons (Fsp3) is 0.462. The Balaban J connectivity index is 2.07. The van der Waals surface area contributed by atoms with Gasteiger partial charge in [-0.1, -0.05) is 0 Å². The smallest absolute Gasteiger partial charge is 0.312 e. The quantitative estimate of drug-likeness (QED) is 0.579. The van der Waals surface area contributed by atoms with E-state index in [1.54, 1.807) is 4.90 Å². The molecule has 1 atom stereocenters. The van der Waals surface area contributed by atoms with Gasteiger partial charge < -0.3 is 14.4 Å². The third-order valence-electron chi connectivity index (χ3n) is 3.17. The lowest BCUT2D eigenvalue weighted by atomic mass is 10.3. The molecular formula is C13H16N2O6S. The molecule has 0 radical (unpaired) electrons. The van der Waals surface area contributed by atoms with Gasteiger partial charge in [-0.15, -0.1) is 0 Å². The molecule has 0 N–H and O–H groups in total. The molecule has 1 amide bonds. The summed E-state index contributed by atoms with van der Waals surface area (Å²) >= 11 is 0. The summed E-state index contributed by atoms with van der Waals surface area (Å²) in [6, 6.07) is 4.05. The van der Waals surface area contributed by atoms with E-state index in [1.165, 1.54) is 24.5 Å². The highest BCUT2D eigenvalue weighted by Gasteiger charge is 2.21. The molecule has 0 aliphatic carbocycles. The number of nitro groups is 1. The van der Waals surface area contributed by atoms with Crippen molar-refractivity contribution in [2.75, 3.05) is 39.2 Å². The lowest BCUT2D eigenvalue weighted by molar-refractivity contribution is -0.386. The summed E-state index contributed by atoms with van der Waals surface area (Å²) in [6.45, 7) is 1.64. The predicted octanol–water partition coefficient (Wildman–Crippen LogP) is 0.570. The van der Waals surface area contributed by atoms with Gasteiger partial charge in [-0.25, -0.2) is 0 Å². The van der Waals surface area contributed by atoms with Crippen LogP contribution in [0.4, 0.5) is 5.69 Å². The molecule has 1 aliphatic heterocycles. The van der Waals surface area contributed by atoms with E-state index in [-0.39, 0.29) is 24.0 Å². The van der Waals surface area contributed by atoms with E-state index in [0.29, 0.717) is 31.2 Å². The first kappa shape index (κ1) is 16.4. The number of carbonyl (C=O) groups excluding carboxylic acids is 1. The van der Waals surface area contributed by atoms with Crippen LogP contribution in [0.25, 0.3) is 0 Å². The Morgan fingerprint density at radius 1 is 1.45 bits per heavy atom. The van der Waals surface area contributed by atoms with Gasteiger partial charge in [0.05, 0.1) is 28.9 Å². The van der Waals surface area contributed by atoms with E-state index in [0.717, 1.165) is 0 Å². The van der Waals surface area contributed by atoms with Crippen molar-refractivity contribution in [1.82, 2.24) is 4.90 Å². The average Bonchev–Trinajstić information content (AvgIpc) is 2.53. The van der Waals surface area contributed by atoms with Crippen molar-refractivity contribution in [2.45, 2.75) is 4.90 Å². The third kappa shape index (κ3) is 4.01. The topological polar surface area (TPSA) is 99.0 Å². The maximum atomic E-state index is 12.0. The zero-order valence-corrected chi connectivity index (χ0v) is 12.8. The van der Waals surface area contributed by atoms with Gasteiger partial charge >= 0.3 is 5.69 Å². The Morgan fingerprint density at radius 3 is 2.73 bits per heavy atom. The van der Waals surface area contributed by atoms with Crippen LogP contribution < -0.4 is 4.74 Å². The lowest BCUT2D eigenvalue weighted by Gasteiger charge is -2.26. The van der Waals surface area contributed by atoms with Gasteiger partial charge in [-0.3, -0.25) is 19.1 Å². The fourth-order valence-electron chi connectivity index (χ4n) is 1.98. The molecule has 1 aromatic rings. The molecule has 9 heteroatoms. The van der Waals surface area contributed by atoms with E-state index in [4.69, 9.17) is 9.47 Å². The second kappa shape index (κ2) is 7.32. The summed E-state index contributed by atoms with van der Waals surface area (Å²) in [4.78, 5) is 24.3. The molecule has 2 rings (SSSR count). The van der Waals surface area contributed by atoms with Gasteiger partial charge in [0, 0.05) is 30.3 Å². The molecule has 0 bridgehead atoms. The monoisotopic (exact) mass is 328 g/mol. The minimum atomic E-state index is -1.33. The molecule has 120 valence electrons. The first-order valence-corrected chi connectivity index (χ1v) is 8.15. The van der Waals surface area contributed by atoms with Crippen LogP contribution in [-0.4, -0.2) is 59.1 Å². The Morgan fingerprint density at radius 2 is 2.14 bits per heavy atom. The second-order valence-electron chi connectivity index (χ2n) is 4.62. The first-order valence-electron chi connectivity index (χ1n) is 6.59. The Kier molecular flexibility index (Phi) is 5.45. The van der Waals surface area contributed by atoms with E-state index in [9.17, 15) is 19.1 Å². The molecule has 1 aromatic carbocycles. The minimum Gasteiger partial charge on any atom is -0.477 e. The van der Waals surface area contributed by atoms with Crippen molar-refractivity contribution in [3.05, 3.63) is 28.3 Å². The number of nitrogens with zero attached hydrogens (tertiary/aromatic N) is 2. The van der Waals surface area contributed by atoms with Gasteiger partial charge in [0.2, 0.25) is 0 Å².